The van der Waals surface area contributed by atoms with Gasteiger partial charge < -0.3 is 15.2 Å². The Morgan fingerprint density at radius 3 is 2.95 bits per heavy atom. The van der Waals surface area contributed by atoms with Gasteiger partial charge in [-0.25, -0.2) is 4.68 Å². The molecule has 0 unspecified atom stereocenters. The summed E-state index contributed by atoms with van der Waals surface area (Å²) >= 11 is 1.32. The van der Waals surface area contributed by atoms with E-state index in [0.717, 1.165) is 12.8 Å². The van der Waals surface area contributed by atoms with Crippen LogP contribution >= 0.6 is 11.8 Å². The quantitative estimate of drug-likeness (QED) is 0.699. The Balaban J connectivity index is 1.42. The largest absolute Gasteiger partial charge is 0.388 e. The summed E-state index contributed by atoms with van der Waals surface area (Å²) in [6.07, 6.45) is 3.31. The molecule has 116 valence electrons. The van der Waals surface area contributed by atoms with E-state index in [1.165, 1.54) is 11.8 Å². The maximum Gasteiger partial charge on any atom is 0.230 e. The molecule has 21 heavy (non-hydrogen) atoms. The summed E-state index contributed by atoms with van der Waals surface area (Å²) in [4.78, 5) is 11.9. The summed E-state index contributed by atoms with van der Waals surface area (Å²) in [6.45, 7) is 1.35. The van der Waals surface area contributed by atoms with Gasteiger partial charge in [0, 0.05) is 32.6 Å². The van der Waals surface area contributed by atoms with Crippen LogP contribution in [-0.4, -0.2) is 62.3 Å². The number of ether oxygens (including phenoxy) is 1. The number of hydrogen-bond acceptors (Lipinski definition) is 7. The van der Waals surface area contributed by atoms with E-state index in [0.29, 0.717) is 37.3 Å². The van der Waals surface area contributed by atoms with E-state index in [1.807, 2.05) is 0 Å². The molecule has 1 aromatic heterocycles. The molecule has 0 bridgehead atoms. The molecule has 3 rings (SSSR count). The van der Waals surface area contributed by atoms with Gasteiger partial charge >= 0.3 is 0 Å². The number of amides is 1. The van der Waals surface area contributed by atoms with Crippen molar-refractivity contribution in [2.75, 3.05) is 25.5 Å². The molecule has 2 heterocycles. The fraction of sp³-hybridized carbons (Fsp3) is 0.833. The van der Waals surface area contributed by atoms with Crippen LogP contribution < -0.4 is 5.32 Å². The number of rotatable bonds is 6. The summed E-state index contributed by atoms with van der Waals surface area (Å²) in [7, 11) is 0. The molecule has 9 heteroatoms. The first-order chi connectivity index (χ1) is 10.2. The van der Waals surface area contributed by atoms with E-state index < -0.39 is 5.60 Å². The summed E-state index contributed by atoms with van der Waals surface area (Å²) < 4.78 is 6.99. The molecule has 0 radical (unpaired) electrons. The Morgan fingerprint density at radius 2 is 2.24 bits per heavy atom. The number of nitrogens with zero attached hydrogens (tertiary/aromatic N) is 4. The number of tetrazole rings is 1. The number of nitrogens with one attached hydrogen (secondary N) is 1. The lowest BCUT2D eigenvalue weighted by Crippen LogP contribution is -2.47. The molecule has 1 aromatic rings. The average molecular weight is 313 g/mol. The fourth-order valence-corrected chi connectivity index (χ4v) is 2.98. The SMILES string of the molecule is O=C(CSc1nnnn1C1CC1)NCC1(O)CCOCC1. The van der Waals surface area contributed by atoms with Gasteiger partial charge in [-0.05, 0) is 23.3 Å². The van der Waals surface area contributed by atoms with Gasteiger partial charge in [0.25, 0.3) is 0 Å². The molecule has 2 aliphatic rings. The molecule has 0 spiro atoms. The maximum absolute atomic E-state index is 11.9. The normalized spacial score (nSPS) is 21.2. The molecule has 0 aromatic carbocycles. The van der Waals surface area contributed by atoms with Crippen LogP contribution in [0.15, 0.2) is 5.16 Å². The highest BCUT2D eigenvalue weighted by atomic mass is 32.2. The van der Waals surface area contributed by atoms with Crippen LogP contribution in [0.25, 0.3) is 0 Å². The van der Waals surface area contributed by atoms with Crippen molar-refractivity contribution in [3.63, 3.8) is 0 Å². The third kappa shape index (κ3) is 3.92. The van der Waals surface area contributed by atoms with Gasteiger partial charge in [-0.1, -0.05) is 11.8 Å². The number of carbonyl (C=O) groups is 1. The van der Waals surface area contributed by atoms with Crippen LogP contribution in [0.2, 0.25) is 0 Å². The van der Waals surface area contributed by atoms with E-state index in [1.54, 1.807) is 4.68 Å². The number of carbonyl (C=O) groups excluding carboxylic acids is 1. The van der Waals surface area contributed by atoms with Gasteiger partial charge in [0.2, 0.25) is 11.1 Å². The Labute approximate surface area is 126 Å². The molecular weight excluding hydrogens is 294 g/mol. The predicted octanol–water partition coefficient (Wildman–Crippen LogP) is -0.242. The minimum Gasteiger partial charge on any atom is -0.388 e. The van der Waals surface area contributed by atoms with Crippen molar-refractivity contribution in [3.8, 4) is 0 Å². The Morgan fingerprint density at radius 1 is 1.48 bits per heavy atom. The number of aliphatic hydroxyl groups is 1. The highest BCUT2D eigenvalue weighted by Gasteiger charge is 2.30. The van der Waals surface area contributed by atoms with E-state index >= 15 is 0 Å². The molecule has 1 aliphatic carbocycles. The predicted molar refractivity (Wildman–Crippen MR) is 74.8 cm³/mol. The van der Waals surface area contributed by atoms with Gasteiger partial charge in [-0.3, -0.25) is 4.79 Å². The minimum absolute atomic E-state index is 0.120. The van der Waals surface area contributed by atoms with E-state index in [2.05, 4.69) is 20.8 Å². The molecule has 8 nitrogen and oxygen atoms in total. The van der Waals surface area contributed by atoms with Crippen molar-refractivity contribution < 1.29 is 14.6 Å². The van der Waals surface area contributed by atoms with Crippen molar-refractivity contribution in [3.05, 3.63) is 0 Å². The zero-order valence-corrected chi connectivity index (χ0v) is 12.5. The van der Waals surface area contributed by atoms with E-state index in [4.69, 9.17) is 4.74 Å². The summed E-state index contributed by atoms with van der Waals surface area (Å²) in [5.41, 5.74) is -0.839. The summed E-state index contributed by atoms with van der Waals surface area (Å²) in [6, 6.07) is 0.397. The van der Waals surface area contributed by atoms with E-state index in [-0.39, 0.29) is 18.2 Å². The molecule has 2 fully saturated rings. The highest BCUT2D eigenvalue weighted by molar-refractivity contribution is 7.99. The van der Waals surface area contributed by atoms with Gasteiger partial charge in [0.1, 0.15) is 0 Å². The summed E-state index contributed by atoms with van der Waals surface area (Å²) in [5, 5.41) is 25.2. The second-order valence-electron chi connectivity index (χ2n) is 5.54. The molecular formula is C12H19N5O3S. The van der Waals surface area contributed by atoms with Crippen LogP contribution in [0, 0.1) is 0 Å². The molecule has 1 amide bonds. The van der Waals surface area contributed by atoms with Crippen LogP contribution in [0.3, 0.4) is 0 Å². The van der Waals surface area contributed by atoms with E-state index in [9.17, 15) is 9.90 Å². The Kier molecular flexibility index (Phi) is 4.41. The average Bonchev–Trinajstić information content (AvgIpc) is 3.22. The third-order valence-corrected chi connectivity index (χ3v) is 4.66. The molecule has 1 saturated heterocycles. The lowest BCUT2D eigenvalue weighted by molar-refractivity contribution is -0.121. The molecule has 1 aliphatic heterocycles. The topological polar surface area (TPSA) is 102 Å². The second kappa shape index (κ2) is 6.29. The standard InChI is InChI=1S/C12H19N5O3S/c18-10(13-8-12(19)3-5-20-6-4-12)7-21-11-14-15-16-17(11)9-1-2-9/h9,19H,1-8H2,(H,13,18). The minimum atomic E-state index is -0.839. The maximum atomic E-state index is 11.9. The van der Waals surface area contributed by atoms with Crippen molar-refractivity contribution in [2.45, 2.75) is 42.5 Å². The fourth-order valence-electron chi connectivity index (χ4n) is 2.20. The lowest BCUT2D eigenvalue weighted by Gasteiger charge is -2.32. The van der Waals surface area contributed by atoms with Gasteiger partial charge in [0.05, 0.1) is 17.4 Å². The zero-order valence-electron chi connectivity index (χ0n) is 11.7. The van der Waals surface area contributed by atoms with Crippen LogP contribution in [0.4, 0.5) is 0 Å². The first-order valence-corrected chi connectivity index (χ1v) is 8.12. The van der Waals surface area contributed by atoms with Gasteiger partial charge in [-0.15, -0.1) is 5.10 Å². The summed E-state index contributed by atoms with van der Waals surface area (Å²) in [5.74, 6) is 0.130. The monoisotopic (exact) mass is 313 g/mol. The third-order valence-electron chi connectivity index (χ3n) is 3.73. The van der Waals surface area contributed by atoms with Crippen molar-refractivity contribution in [2.24, 2.45) is 0 Å². The van der Waals surface area contributed by atoms with Crippen molar-refractivity contribution >= 4 is 17.7 Å². The van der Waals surface area contributed by atoms with Crippen molar-refractivity contribution in [1.29, 1.82) is 0 Å². The second-order valence-corrected chi connectivity index (χ2v) is 6.48. The molecule has 2 N–H and O–H groups in total. The number of hydrogen-bond donors (Lipinski definition) is 2. The van der Waals surface area contributed by atoms with Crippen LogP contribution in [0.1, 0.15) is 31.7 Å². The first-order valence-electron chi connectivity index (χ1n) is 7.14. The Bertz CT molecular complexity index is 499. The highest BCUT2D eigenvalue weighted by Crippen LogP contribution is 2.36. The smallest absolute Gasteiger partial charge is 0.230 e. The molecule has 0 atom stereocenters. The van der Waals surface area contributed by atoms with Crippen LogP contribution in [0.5, 0.6) is 0 Å². The number of aromatic nitrogens is 4. The Hall–Kier alpha value is -1.19. The van der Waals surface area contributed by atoms with Gasteiger partial charge in [0.15, 0.2) is 0 Å². The van der Waals surface area contributed by atoms with Crippen molar-refractivity contribution in [1.82, 2.24) is 25.5 Å². The van der Waals surface area contributed by atoms with Gasteiger partial charge in [-0.2, -0.15) is 0 Å². The van der Waals surface area contributed by atoms with Crippen LogP contribution in [-0.2, 0) is 9.53 Å². The lowest BCUT2D eigenvalue weighted by atomic mass is 9.94. The first kappa shape index (κ1) is 14.7. The molecule has 1 saturated carbocycles. The number of thioether (sulfide) groups is 1. The zero-order chi connectivity index (χ0) is 14.7.